The van der Waals surface area contributed by atoms with Crippen LogP contribution in [0.25, 0.3) is 6.08 Å². The number of H-pyrrole nitrogens is 1. The predicted molar refractivity (Wildman–Crippen MR) is 92.7 cm³/mol. The number of nitrogens with zero attached hydrogens (tertiary/aromatic N) is 1. The first-order valence-corrected chi connectivity index (χ1v) is 7.99. The smallest absolute Gasteiger partial charge is 0.305 e. The topological polar surface area (TPSA) is 72.9 Å². The van der Waals surface area contributed by atoms with E-state index in [1.54, 1.807) is 14.2 Å². The van der Waals surface area contributed by atoms with E-state index in [4.69, 9.17) is 14.5 Å². The molecule has 2 rings (SSSR count). The molecule has 0 unspecified atom stereocenters. The summed E-state index contributed by atoms with van der Waals surface area (Å²) in [6, 6.07) is 2.03. The van der Waals surface area contributed by atoms with E-state index in [0.29, 0.717) is 12.8 Å². The quantitative estimate of drug-likeness (QED) is 0.614. The molecular formula is C18H26N2O4. The summed E-state index contributed by atoms with van der Waals surface area (Å²) < 4.78 is 15.3. The van der Waals surface area contributed by atoms with E-state index in [-0.39, 0.29) is 11.4 Å². The average Bonchev–Trinajstić information content (AvgIpc) is 3.11. The first kappa shape index (κ1) is 18.4. The van der Waals surface area contributed by atoms with Crippen molar-refractivity contribution in [3.05, 3.63) is 29.2 Å². The third-order valence-corrected chi connectivity index (χ3v) is 4.18. The molecule has 0 aliphatic carbocycles. The standard InChI is InChI=1S/C18H26N2O4/c1-18(2)10-14(17(23-4)24-5)20-15(18)9-13-8-12(11-19-13)6-7-16(21)22-3/h8-9,11,17,19H,6-7,10H2,1-5H3/b15-9+. The van der Waals surface area contributed by atoms with E-state index in [2.05, 4.69) is 23.6 Å². The maximum absolute atomic E-state index is 11.2. The number of aryl methyl sites for hydroxylation is 1. The fourth-order valence-electron chi connectivity index (χ4n) is 2.80. The van der Waals surface area contributed by atoms with Gasteiger partial charge in [0.2, 0.25) is 0 Å². The van der Waals surface area contributed by atoms with Crippen molar-refractivity contribution in [1.82, 2.24) is 4.98 Å². The van der Waals surface area contributed by atoms with Crippen LogP contribution in [0.5, 0.6) is 0 Å². The van der Waals surface area contributed by atoms with Gasteiger partial charge in [-0.25, -0.2) is 0 Å². The third-order valence-electron chi connectivity index (χ3n) is 4.18. The Kier molecular flexibility index (Phi) is 5.96. The number of carbonyl (C=O) groups excluding carboxylic acids is 1. The number of nitrogens with one attached hydrogen (secondary N) is 1. The highest BCUT2D eigenvalue weighted by molar-refractivity contribution is 5.92. The van der Waals surface area contributed by atoms with Crippen LogP contribution in [0.1, 0.15) is 37.9 Å². The Hall–Kier alpha value is -1.92. The molecule has 1 N–H and O–H groups in total. The average molecular weight is 334 g/mol. The summed E-state index contributed by atoms with van der Waals surface area (Å²) >= 11 is 0. The molecule has 1 aromatic rings. The lowest BCUT2D eigenvalue weighted by molar-refractivity contribution is -0.140. The molecule has 132 valence electrons. The van der Waals surface area contributed by atoms with Crippen molar-refractivity contribution in [1.29, 1.82) is 0 Å². The van der Waals surface area contributed by atoms with Crippen LogP contribution in [-0.4, -0.2) is 44.3 Å². The van der Waals surface area contributed by atoms with Gasteiger partial charge in [0.05, 0.1) is 12.8 Å². The SMILES string of the molecule is COC(=O)CCc1c[nH]c(/C=C2/N=C(C(OC)OC)CC2(C)C)c1. The first-order chi connectivity index (χ1) is 11.4. The molecular weight excluding hydrogens is 308 g/mol. The van der Waals surface area contributed by atoms with Crippen LogP contribution in [0.2, 0.25) is 0 Å². The number of hydrogen-bond donors (Lipinski definition) is 1. The molecule has 6 nitrogen and oxygen atoms in total. The highest BCUT2D eigenvalue weighted by atomic mass is 16.7. The van der Waals surface area contributed by atoms with Gasteiger partial charge in [-0.3, -0.25) is 9.79 Å². The molecule has 1 aliphatic rings. The number of rotatable bonds is 7. The molecule has 1 aromatic heterocycles. The number of aliphatic imine (C=N–C) groups is 1. The zero-order valence-corrected chi connectivity index (χ0v) is 15.0. The van der Waals surface area contributed by atoms with Gasteiger partial charge in [-0.05, 0) is 24.1 Å². The second-order valence-corrected chi connectivity index (χ2v) is 6.54. The highest BCUT2D eigenvalue weighted by Crippen LogP contribution is 2.39. The van der Waals surface area contributed by atoms with Crippen LogP contribution in [0, 0.1) is 5.41 Å². The number of esters is 1. The van der Waals surface area contributed by atoms with Crippen molar-refractivity contribution >= 4 is 17.8 Å². The first-order valence-electron chi connectivity index (χ1n) is 7.99. The molecule has 0 saturated carbocycles. The molecule has 0 aromatic carbocycles. The van der Waals surface area contributed by atoms with Gasteiger partial charge in [-0.2, -0.15) is 0 Å². The molecule has 0 amide bonds. The fourth-order valence-corrected chi connectivity index (χ4v) is 2.80. The molecule has 0 atom stereocenters. The van der Waals surface area contributed by atoms with Crippen LogP contribution in [0.15, 0.2) is 23.0 Å². The molecule has 0 fully saturated rings. The van der Waals surface area contributed by atoms with Gasteiger partial charge < -0.3 is 19.2 Å². The molecule has 6 heteroatoms. The van der Waals surface area contributed by atoms with Crippen molar-refractivity contribution in [2.75, 3.05) is 21.3 Å². The van der Waals surface area contributed by atoms with Gasteiger partial charge in [0.1, 0.15) is 0 Å². The molecule has 0 bridgehead atoms. The third kappa shape index (κ3) is 4.33. The second kappa shape index (κ2) is 7.77. The van der Waals surface area contributed by atoms with Crippen molar-refractivity contribution in [3.8, 4) is 0 Å². The van der Waals surface area contributed by atoms with E-state index in [1.807, 2.05) is 18.3 Å². The summed E-state index contributed by atoms with van der Waals surface area (Å²) in [4.78, 5) is 19.2. The zero-order valence-electron chi connectivity index (χ0n) is 15.0. The van der Waals surface area contributed by atoms with Crippen LogP contribution in [0.4, 0.5) is 0 Å². The number of ether oxygens (including phenoxy) is 3. The Morgan fingerprint density at radius 2 is 2.08 bits per heavy atom. The summed E-state index contributed by atoms with van der Waals surface area (Å²) in [7, 11) is 4.63. The summed E-state index contributed by atoms with van der Waals surface area (Å²) in [6.07, 6.45) is 5.36. The number of aromatic amines is 1. The zero-order chi connectivity index (χ0) is 17.7. The molecule has 0 radical (unpaired) electrons. The largest absolute Gasteiger partial charge is 0.469 e. The van der Waals surface area contributed by atoms with E-state index in [0.717, 1.165) is 29.1 Å². The second-order valence-electron chi connectivity index (χ2n) is 6.54. The minimum absolute atomic E-state index is 0.0814. The minimum Gasteiger partial charge on any atom is -0.469 e. The molecule has 2 heterocycles. The number of allylic oxidation sites excluding steroid dienone is 1. The number of carbonyl (C=O) groups is 1. The normalized spacial score (nSPS) is 18.2. The van der Waals surface area contributed by atoms with Crippen molar-refractivity contribution < 1.29 is 19.0 Å². The van der Waals surface area contributed by atoms with Gasteiger partial charge in [0, 0.05) is 50.1 Å². The number of hydrogen-bond acceptors (Lipinski definition) is 5. The minimum atomic E-state index is -0.408. The Balaban J connectivity index is 2.14. The van der Waals surface area contributed by atoms with Gasteiger partial charge in [-0.1, -0.05) is 13.8 Å². The highest BCUT2D eigenvalue weighted by Gasteiger charge is 2.35. The summed E-state index contributed by atoms with van der Waals surface area (Å²) in [5.74, 6) is -0.201. The van der Waals surface area contributed by atoms with Crippen LogP contribution >= 0.6 is 0 Å². The molecule has 1 aliphatic heterocycles. The lowest BCUT2D eigenvalue weighted by Crippen LogP contribution is -2.25. The van der Waals surface area contributed by atoms with E-state index in [1.165, 1.54) is 7.11 Å². The monoisotopic (exact) mass is 334 g/mol. The lowest BCUT2D eigenvalue weighted by atomic mass is 9.86. The fraction of sp³-hybridized carbons (Fsp3) is 0.556. The maximum Gasteiger partial charge on any atom is 0.305 e. The lowest BCUT2D eigenvalue weighted by Gasteiger charge is -2.19. The Morgan fingerprint density at radius 3 is 2.71 bits per heavy atom. The summed E-state index contributed by atoms with van der Waals surface area (Å²) in [5.41, 5.74) is 3.84. The van der Waals surface area contributed by atoms with Crippen molar-refractivity contribution in [2.45, 2.75) is 39.4 Å². The van der Waals surface area contributed by atoms with E-state index < -0.39 is 6.29 Å². The van der Waals surface area contributed by atoms with Gasteiger partial charge in [-0.15, -0.1) is 0 Å². The molecule has 24 heavy (non-hydrogen) atoms. The Bertz CT molecular complexity index is 639. The number of aromatic nitrogens is 1. The summed E-state index contributed by atoms with van der Waals surface area (Å²) in [5, 5.41) is 0. The molecule has 0 spiro atoms. The van der Waals surface area contributed by atoms with Crippen LogP contribution < -0.4 is 0 Å². The predicted octanol–water partition coefficient (Wildman–Crippen LogP) is 2.95. The van der Waals surface area contributed by atoms with Crippen molar-refractivity contribution in [2.24, 2.45) is 10.4 Å². The Labute approximate surface area is 142 Å². The maximum atomic E-state index is 11.2. The van der Waals surface area contributed by atoms with E-state index in [9.17, 15) is 4.79 Å². The van der Waals surface area contributed by atoms with Crippen LogP contribution in [0.3, 0.4) is 0 Å². The number of methoxy groups -OCH3 is 3. The van der Waals surface area contributed by atoms with E-state index >= 15 is 0 Å². The van der Waals surface area contributed by atoms with Crippen LogP contribution in [-0.2, 0) is 25.4 Å². The Morgan fingerprint density at radius 1 is 1.38 bits per heavy atom. The van der Waals surface area contributed by atoms with Crippen molar-refractivity contribution in [3.63, 3.8) is 0 Å². The summed E-state index contributed by atoms with van der Waals surface area (Å²) in [6.45, 7) is 4.30. The van der Waals surface area contributed by atoms with Gasteiger partial charge in [0.15, 0.2) is 6.29 Å². The molecule has 0 saturated heterocycles. The van der Waals surface area contributed by atoms with Gasteiger partial charge in [0.25, 0.3) is 0 Å². The van der Waals surface area contributed by atoms with Gasteiger partial charge >= 0.3 is 5.97 Å².